The first-order valence-corrected chi connectivity index (χ1v) is 13.5. The van der Waals surface area contributed by atoms with Crippen molar-refractivity contribution in [3.05, 3.63) is 105 Å². The molecule has 4 rings (SSSR count). The van der Waals surface area contributed by atoms with E-state index in [1.54, 1.807) is 18.3 Å². The number of carboxylic acids is 1. The molecule has 0 bridgehead atoms. The molecule has 0 amide bonds. The maximum absolute atomic E-state index is 14.7. The van der Waals surface area contributed by atoms with Crippen LogP contribution in [-0.2, 0) is 11.2 Å². The molecule has 0 saturated heterocycles. The molecule has 0 spiro atoms. The van der Waals surface area contributed by atoms with Crippen molar-refractivity contribution >= 4 is 52.9 Å². The summed E-state index contributed by atoms with van der Waals surface area (Å²) < 4.78 is 30.3. The van der Waals surface area contributed by atoms with E-state index in [4.69, 9.17) is 33.4 Å². The quantitative estimate of drug-likeness (QED) is 0.164. The topological polar surface area (TPSA) is 81.1 Å². The molecule has 5 nitrogen and oxygen atoms in total. The molecule has 11 heteroatoms. The van der Waals surface area contributed by atoms with Gasteiger partial charge in [-0.2, -0.15) is 0 Å². The van der Waals surface area contributed by atoms with Crippen LogP contribution in [0.2, 0.25) is 10.0 Å². The predicted molar refractivity (Wildman–Crippen MR) is 145 cm³/mol. The molecule has 3 aromatic carbocycles. The molecule has 0 aliphatic carbocycles. The number of thioether (sulfide) groups is 1. The van der Waals surface area contributed by atoms with Gasteiger partial charge in [-0.1, -0.05) is 54.9 Å². The number of hydrogen-bond donors (Lipinski definition) is 2. The molecule has 0 aliphatic heterocycles. The SMILES string of the molecule is CC(C)(c1ccc(SN)c(Cl)c1)c1cnc(SCc2c(F)cc(C(=O)O)cc2Cl)n1-c1ccc(F)cc1. The highest BCUT2D eigenvalue weighted by molar-refractivity contribution is 7.98. The fourth-order valence-electron chi connectivity index (χ4n) is 3.85. The third-order valence-corrected chi connectivity index (χ3v) is 8.32. The number of carbonyl (C=O) groups is 1. The molecular formula is C26H21Cl2F2N3O2S2. The number of hydrogen-bond acceptors (Lipinski definition) is 5. The summed E-state index contributed by atoms with van der Waals surface area (Å²) in [6.45, 7) is 4.03. The van der Waals surface area contributed by atoms with Crippen LogP contribution in [0, 0.1) is 11.6 Å². The third-order valence-electron chi connectivity index (χ3n) is 5.97. The monoisotopic (exact) mass is 579 g/mol. The smallest absolute Gasteiger partial charge is 0.335 e. The zero-order valence-electron chi connectivity index (χ0n) is 19.6. The highest BCUT2D eigenvalue weighted by Crippen LogP contribution is 2.39. The van der Waals surface area contributed by atoms with Crippen LogP contribution in [0.5, 0.6) is 0 Å². The van der Waals surface area contributed by atoms with E-state index < -0.39 is 17.2 Å². The summed E-state index contributed by atoms with van der Waals surface area (Å²) >= 11 is 14.9. The van der Waals surface area contributed by atoms with Gasteiger partial charge < -0.3 is 5.11 Å². The van der Waals surface area contributed by atoms with Crippen LogP contribution >= 0.6 is 46.9 Å². The van der Waals surface area contributed by atoms with E-state index in [9.17, 15) is 13.6 Å². The molecule has 4 aromatic rings. The van der Waals surface area contributed by atoms with E-state index in [2.05, 4.69) is 4.98 Å². The number of halogens is 4. The van der Waals surface area contributed by atoms with Crippen LogP contribution in [0.4, 0.5) is 8.78 Å². The lowest BCUT2D eigenvalue weighted by molar-refractivity contribution is 0.0696. The predicted octanol–water partition coefficient (Wildman–Crippen LogP) is 7.74. The average Bonchev–Trinajstić information content (AvgIpc) is 3.28. The summed E-state index contributed by atoms with van der Waals surface area (Å²) in [4.78, 5) is 16.6. The van der Waals surface area contributed by atoms with Crippen LogP contribution in [0.15, 0.2) is 70.8 Å². The number of aromatic carboxylic acids is 1. The molecular weight excluding hydrogens is 559 g/mol. The lowest BCUT2D eigenvalue weighted by Crippen LogP contribution is -2.23. The average molecular weight is 581 g/mol. The van der Waals surface area contributed by atoms with Gasteiger partial charge in [-0.25, -0.2) is 18.6 Å². The van der Waals surface area contributed by atoms with E-state index in [-0.39, 0.29) is 27.7 Å². The lowest BCUT2D eigenvalue weighted by atomic mass is 9.81. The van der Waals surface area contributed by atoms with Crippen molar-refractivity contribution in [1.82, 2.24) is 9.55 Å². The van der Waals surface area contributed by atoms with Crippen LogP contribution in [0.3, 0.4) is 0 Å². The maximum atomic E-state index is 14.7. The number of benzene rings is 3. The Labute approximate surface area is 231 Å². The summed E-state index contributed by atoms with van der Waals surface area (Å²) in [5.74, 6) is -2.27. The molecule has 192 valence electrons. The molecule has 37 heavy (non-hydrogen) atoms. The van der Waals surface area contributed by atoms with E-state index in [0.29, 0.717) is 15.9 Å². The number of aromatic nitrogens is 2. The highest BCUT2D eigenvalue weighted by atomic mass is 35.5. The molecule has 0 fully saturated rings. The Balaban J connectivity index is 1.77. The van der Waals surface area contributed by atoms with Crippen molar-refractivity contribution < 1.29 is 18.7 Å². The van der Waals surface area contributed by atoms with Gasteiger partial charge in [-0.3, -0.25) is 9.71 Å². The summed E-state index contributed by atoms with van der Waals surface area (Å²) in [7, 11) is 0. The number of rotatable bonds is 8. The van der Waals surface area contributed by atoms with Crippen molar-refractivity contribution in [3.63, 3.8) is 0 Å². The first kappa shape index (κ1) is 27.5. The number of imidazole rings is 1. The molecule has 1 aromatic heterocycles. The lowest BCUT2D eigenvalue weighted by Gasteiger charge is -2.28. The van der Waals surface area contributed by atoms with Gasteiger partial charge >= 0.3 is 5.97 Å². The first-order valence-electron chi connectivity index (χ1n) is 10.9. The van der Waals surface area contributed by atoms with Gasteiger partial charge in [0, 0.05) is 32.3 Å². The Morgan fingerprint density at radius 3 is 2.38 bits per heavy atom. The van der Waals surface area contributed by atoms with Gasteiger partial charge in [-0.15, -0.1) is 0 Å². The second kappa shape index (κ2) is 11.0. The minimum Gasteiger partial charge on any atom is -0.478 e. The van der Waals surface area contributed by atoms with Crippen molar-refractivity contribution in [2.75, 3.05) is 0 Å². The standard InChI is InChI=1S/C26H21Cl2F2N3O2S2/c1-26(2,15-3-8-22(37-31)20(28)11-15)23-12-32-25(33(23)17-6-4-16(29)5-7-17)36-13-18-19(27)9-14(24(34)35)10-21(18)30/h3-12H,13,31H2,1-2H3,(H,34,35). The van der Waals surface area contributed by atoms with Gasteiger partial charge in [0.1, 0.15) is 11.6 Å². The number of nitrogens with zero attached hydrogens (tertiary/aromatic N) is 2. The number of carboxylic acid groups (broad SMARTS) is 1. The van der Waals surface area contributed by atoms with Crippen LogP contribution in [0.1, 0.15) is 41.0 Å². The summed E-state index contributed by atoms with van der Waals surface area (Å²) in [5, 5.41) is 15.9. The Kier molecular flexibility index (Phi) is 8.20. The zero-order chi connectivity index (χ0) is 26.9. The molecule has 1 heterocycles. The van der Waals surface area contributed by atoms with Gasteiger partial charge in [0.2, 0.25) is 0 Å². The third kappa shape index (κ3) is 5.66. The van der Waals surface area contributed by atoms with Crippen LogP contribution in [-0.4, -0.2) is 20.6 Å². The second-order valence-electron chi connectivity index (χ2n) is 8.64. The van der Waals surface area contributed by atoms with Crippen molar-refractivity contribution in [2.24, 2.45) is 5.14 Å². The molecule has 0 saturated carbocycles. The van der Waals surface area contributed by atoms with E-state index in [0.717, 1.165) is 34.2 Å². The molecule has 0 radical (unpaired) electrons. The fourth-order valence-corrected chi connectivity index (χ4v) is 5.86. The summed E-state index contributed by atoms with van der Waals surface area (Å²) in [6.07, 6.45) is 1.72. The number of nitrogens with two attached hydrogens (primary N) is 1. The molecule has 0 atom stereocenters. The maximum Gasteiger partial charge on any atom is 0.335 e. The second-order valence-corrected chi connectivity index (χ2v) is 11.1. The molecule has 3 N–H and O–H groups in total. The first-order chi connectivity index (χ1) is 17.5. The highest BCUT2D eigenvalue weighted by Gasteiger charge is 2.30. The Hall–Kier alpha value is -2.56. The minimum absolute atomic E-state index is 0.0119. The van der Waals surface area contributed by atoms with Crippen LogP contribution in [0.25, 0.3) is 5.69 Å². The molecule has 0 unspecified atom stereocenters. The Morgan fingerprint density at radius 2 is 1.78 bits per heavy atom. The van der Waals surface area contributed by atoms with E-state index in [1.165, 1.54) is 30.0 Å². The summed E-state index contributed by atoms with van der Waals surface area (Å²) in [6, 6.07) is 13.8. The van der Waals surface area contributed by atoms with E-state index >= 15 is 0 Å². The largest absolute Gasteiger partial charge is 0.478 e. The van der Waals surface area contributed by atoms with Gasteiger partial charge in [-0.05, 0) is 66.0 Å². The van der Waals surface area contributed by atoms with E-state index in [1.807, 2.05) is 36.6 Å². The minimum atomic E-state index is -1.27. The Morgan fingerprint density at radius 1 is 1.08 bits per heavy atom. The zero-order valence-corrected chi connectivity index (χ0v) is 22.8. The fraction of sp³-hybridized carbons (Fsp3) is 0.154. The summed E-state index contributed by atoms with van der Waals surface area (Å²) in [5.41, 5.74) is 1.70. The van der Waals surface area contributed by atoms with Crippen molar-refractivity contribution in [3.8, 4) is 5.69 Å². The van der Waals surface area contributed by atoms with Gasteiger partial charge in [0.05, 0.1) is 22.5 Å². The van der Waals surface area contributed by atoms with Crippen LogP contribution < -0.4 is 5.14 Å². The van der Waals surface area contributed by atoms with Crippen molar-refractivity contribution in [1.29, 1.82) is 0 Å². The van der Waals surface area contributed by atoms with Crippen molar-refractivity contribution in [2.45, 2.75) is 35.1 Å². The molecule has 0 aliphatic rings. The normalized spacial score (nSPS) is 11.6. The van der Waals surface area contributed by atoms with Gasteiger partial charge in [0.25, 0.3) is 0 Å². The van der Waals surface area contributed by atoms with Gasteiger partial charge in [0.15, 0.2) is 5.16 Å². The Bertz CT molecular complexity index is 1450.